The van der Waals surface area contributed by atoms with Crippen molar-refractivity contribution in [2.45, 2.75) is 20.8 Å². The lowest BCUT2D eigenvalue weighted by Gasteiger charge is -1.99. The van der Waals surface area contributed by atoms with Gasteiger partial charge in [0.15, 0.2) is 0 Å². The molecule has 1 aromatic carbocycles. The third-order valence-electron chi connectivity index (χ3n) is 2.81. The zero-order chi connectivity index (χ0) is 13.0. The number of H-pyrrole nitrogens is 1. The third-order valence-corrected chi connectivity index (χ3v) is 2.81. The molecule has 0 fully saturated rings. The molecule has 92 valence electrons. The quantitative estimate of drug-likeness (QED) is 0.788. The van der Waals surface area contributed by atoms with Gasteiger partial charge in [-0.1, -0.05) is 42.0 Å². The van der Waals surface area contributed by atoms with Crippen LogP contribution in [0.4, 0.5) is 0 Å². The molecule has 1 heterocycles. The van der Waals surface area contributed by atoms with Gasteiger partial charge in [0.25, 0.3) is 0 Å². The molecule has 0 saturated carbocycles. The molecule has 0 saturated heterocycles. The van der Waals surface area contributed by atoms with Crippen LogP contribution in [0.3, 0.4) is 0 Å². The first-order valence-electron chi connectivity index (χ1n) is 6.17. The summed E-state index contributed by atoms with van der Waals surface area (Å²) < 4.78 is 0. The standard InChI is InChI=1S/C16H18N2/c1-4-6-8-13(7-5-2)16-14-11-12(3)9-10-15(14)17-18-16/h4-11H,1-3H3,(H,17,18)/b6-4+,7-5-,13-8+. The second kappa shape index (κ2) is 5.50. The van der Waals surface area contributed by atoms with Crippen molar-refractivity contribution in [2.24, 2.45) is 0 Å². The number of benzene rings is 1. The number of aryl methyl sites for hydroxylation is 1. The molecule has 0 unspecified atom stereocenters. The van der Waals surface area contributed by atoms with Crippen molar-refractivity contribution in [1.29, 1.82) is 0 Å². The van der Waals surface area contributed by atoms with Gasteiger partial charge in [-0.05, 0) is 32.9 Å². The van der Waals surface area contributed by atoms with E-state index in [-0.39, 0.29) is 0 Å². The maximum Gasteiger partial charge on any atom is 0.0999 e. The Labute approximate surface area is 108 Å². The molecule has 1 aromatic heterocycles. The molecule has 0 aliphatic rings. The van der Waals surface area contributed by atoms with E-state index in [9.17, 15) is 0 Å². The average Bonchev–Trinajstić information content (AvgIpc) is 2.77. The van der Waals surface area contributed by atoms with Crippen LogP contribution in [0, 0.1) is 6.92 Å². The van der Waals surface area contributed by atoms with E-state index in [0.717, 1.165) is 16.8 Å². The van der Waals surface area contributed by atoms with E-state index in [1.807, 2.05) is 32.1 Å². The van der Waals surface area contributed by atoms with E-state index in [1.54, 1.807) is 0 Å². The first-order chi connectivity index (χ1) is 8.76. The van der Waals surface area contributed by atoms with Gasteiger partial charge >= 0.3 is 0 Å². The van der Waals surface area contributed by atoms with Crippen LogP contribution in [0.5, 0.6) is 0 Å². The molecule has 0 spiro atoms. The monoisotopic (exact) mass is 238 g/mol. The Morgan fingerprint density at radius 2 is 2.06 bits per heavy atom. The Bertz CT molecular complexity index is 628. The fourth-order valence-corrected chi connectivity index (χ4v) is 1.94. The van der Waals surface area contributed by atoms with Gasteiger partial charge in [0, 0.05) is 11.0 Å². The number of fused-ring (bicyclic) bond motifs is 1. The predicted octanol–water partition coefficient (Wildman–Crippen LogP) is 4.41. The van der Waals surface area contributed by atoms with Gasteiger partial charge in [-0.25, -0.2) is 0 Å². The summed E-state index contributed by atoms with van der Waals surface area (Å²) in [6, 6.07) is 6.33. The summed E-state index contributed by atoms with van der Waals surface area (Å²) in [6.45, 7) is 6.13. The number of nitrogens with zero attached hydrogens (tertiary/aromatic N) is 1. The number of allylic oxidation sites excluding steroid dienone is 6. The largest absolute Gasteiger partial charge is 0.277 e. The van der Waals surface area contributed by atoms with Crippen molar-refractivity contribution < 1.29 is 0 Å². The Morgan fingerprint density at radius 3 is 2.78 bits per heavy atom. The number of hydrogen-bond donors (Lipinski definition) is 1. The van der Waals surface area contributed by atoms with Crippen LogP contribution in [0.15, 0.2) is 48.6 Å². The first kappa shape index (κ1) is 12.4. The number of rotatable bonds is 3. The summed E-state index contributed by atoms with van der Waals surface area (Å²) in [5.74, 6) is 0. The number of nitrogens with one attached hydrogen (secondary N) is 1. The lowest BCUT2D eigenvalue weighted by Crippen LogP contribution is -1.82. The summed E-state index contributed by atoms with van der Waals surface area (Å²) >= 11 is 0. The minimum absolute atomic E-state index is 1.00. The predicted molar refractivity (Wildman–Crippen MR) is 78.4 cm³/mol. The van der Waals surface area contributed by atoms with Crippen LogP contribution in [-0.4, -0.2) is 10.2 Å². The maximum absolute atomic E-state index is 4.43. The second-order valence-electron chi connectivity index (χ2n) is 4.27. The minimum Gasteiger partial charge on any atom is -0.277 e. The second-order valence-corrected chi connectivity index (χ2v) is 4.27. The van der Waals surface area contributed by atoms with Crippen LogP contribution < -0.4 is 0 Å². The van der Waals surface area contributed by atoms with Gasteiger partial charge in [0.2, 0.25) is 0 Å². The van der Waals surface area contributed by atoms with E-state index in [2.05, 4.69) is 47.5 Å². The average molecular weight is 238 g/mol. The van der Waals surface area contributed by atoms with Crippen molar-refractivity contribution in [1.82, 2.24) is 10.2 Å². The fourth-order valence-electron chi connectivity index (χ4n) is 1.94. The highest BCUT2D eigenvalue weighted by atomic mass is 15.1. The van der Waals surface area contributed by atoms with Crippen molar-refractivity contribution in [3.8, 4) is 0 Å². The maximum atomic E-state index is 4.43. The molecular weight excluding hydrogens is 220 g/mol. The topological polar surface area (TPSA) is 28.7 Å². The Kier molecular flexibility index (Phi) is 3.78. The van der Waals surface area contributed by atoms with Crippen LogP contribution >= 0.6 is 0 Å². The molecular formula is C16H18N2. The minimum atomic E-state index is 1.00. The molecule has 2 aromatic rings. The molecule has 2 heteroatoms. The van der Waals surface area contributed by atoms with Gasteiger partial charge < -0.3 is 0 Å². The van der Waals surface area contributed by atoms with Gasteiger partial charge in [-0.15, -0.1) is 0 Å². The zero-order valence-corrected chi connectivity index (χ0v) is 11.1. The number of aromatic nitrogens is 2. The molecule has 0 aliphatic heterocycles. The van der Waals surface area contributed by atoms with Crippen molar-refractivity contribution in [3.05, 3.63) is 59.8 Å². The summed E-state index contributed by atoms with van der Waals surface area (Å²) in [7, 11) is 0. The van der Waals surface area contributed by atoms with Gasteiger partial charge in [0.05, 0.1) is 11.2 Å². The van der Waals surface area contributed by atoms with Gasteiger partial charge in [-0.3, -0.25) is 5.10 Å². The SMILES string of the molecule is C\C=C/C(=C\C=C\C)c1n[nH]c2ccc(C)cc12. The molecule has 1 N–H and O–H groups in total. The van der Waals surface area contributed by atoms with Crippen LogP contribution in [0.25, 0.3) is 16.5 Å². The van der Waals surface area contributed by atoms with Crippen molar-refractivity contribution in [3.63, 3.8) is 0 Å². The third kappa shape index (κ3) is 2.43. The smallest absolute Gasteiger partial charge is 0.0999 e. The van der Waals surface area contributed by atoms with Crippen LogP contribution in [-0.2, 0) is 0 Å². The highest BCUT2D eigenvalue weighted by molar-refractivity contribution is 5.93. The molecule has 0 bridgehead atoms. The van der Waals surface area contributed by atoms with Crippen molar-refractivity contribution in [2.75, 3.05) is 0 Å². The van der Waals surface area contributed by atoms with E-state index in [0.29, 0.717) is 0 Å². The van der Waals surface area contributed by atoms with Gasteiger partial charge in [0.1, 0.15) is 0 Å². The normalized spacial score (nSPS) is 13.2. The van der Waals surface area contributed by atoms with Crippen molar-refractivity contribution >= 4 is 16.5 Å². The summed E-state index contributed by atoms with van der Waals surface area (Å²) in [5, 5.41) is 8.68. The summed E-state index contributed by atoms with van der Waals surface area (Å²) in [5.41, 5.74) is 4.44. The first-order valence-corrected chi connectivity index (χ1v) is 6.17. The molecule has 0 atom stereocenters. The lowest BCUT2D eigenvalue weighted by molar-refractivity contribution is 1.10. The molecule has 18 heavy (non-hydrogen) atoms. The number of aromatic amines is 1. The van der Waals surface area contributed by atoms with Crippen LogP contribution in [0.1, 0.15) is 25.1 Å². The molecule has 0 amide bonds. The van der Waals surface area contributed by atoms with Gasteiger partial charge in [-0.2, -0.15) is 5.10 Å². The van der Waals surface area contributed by atoms with E-state index >= 15 is 0 Å². The molecule has 0 aliphatic carbocycles. The zero-order valence-electron chi connectivity index (χ0n) is 11.1. The molecule has 2 rings (SSSR count). The Morgan fingerprint density at radius 1 is 1.22 bits per heavy atom. The van der Waals surface area contributed by atoms with E-state index in [1.165, 1.54) is 10.9 Å². The number of hydrogen-bond acceptors (Lipinski definition) is 1. The highest BCUT2D eigenvalue weighted by Crippen LogP contribution is 2.24. The Hall–Kier alpha value is -2.09. The van der Waals surface area contributed by atoms with Crippen LogP contribution in [0.2, 0.25) is 0 Å². The fraction of sp³-hybridized carbons (Fsp3) is 0.188. The van der Waals surface area contributed by atoms with E-state index in [4.69, 9.17) is 0 Å². The summed E-state index contributed by atoms with van der Waals surface area (Å²) in [6.07, 6.45) is 10.2. The Balaban J connectivity index is 2.60. The summed E-state index contributed by atoms with van der Waals surface area (Å²) in [4.78, 5) is 0. The molecule has 2 nitrogen and oxygen atoms in total. The highest BCUT2D eigenvalue weighted by Gasteiger charge is 2.07. The lowest BCUT2D eigenvalue weighted by atomic mass is 10.1. The molecule has 0 radical (unpaired) electrons. The van der Waals surface area contributed by atoms with E-state index < -0.39 is 0 Å².